The van der Waals surface area contributed by atoms with Crippen LogP contribution in [0.1, 0.15) is 5.56 Å². The molecule has 0 saturated carbocycles. The van der Waals surface area contributed by atoms with Crippen molar-refractivity contribution in [3.8, 4) is 5.69 Å². The van der Waals surface area contributed by atoms with Crippen molar-refractivity contribution in [1.29, 1.82) is 0 Å². The normalized spacial score (nSPS) is 10.8. The summed E-state index contributed by atoms with van der Waals surface area (Å²) in [4.78, 5) is 0. The van der Waals surface area contributed by atoms with E-state index in [-0.39, 0.29) is 0 Å². The van der Waals surface area contributed by atoms with Crippen molar-refractivity contribution in [1.82, 2.24) is 9.78 Å². The van der Waals surface area contributed by atoms with E-state index >= 15 is 0 Å². The zero-order valence-corrected chi connectivity index (χ0v) is 12.9. The molecule has 0 amide bonds. The Kier molecular flexibility index (Phi) is 3.31. The smallest absolute Gasteiger partial charge is 0.142 e. The highest BCUT2D eigenvalue weighted by Gasteiger charge is 2.13. The maximum atomic E-state index is 4.77. The molecule has 0 fully saturated rings. The molecule has 3 aromatic carbocycles. The van der Waals surface area contributed by atoms with Crippen molar-refractivity contribution in [2.45, 2.75) is 6.92 Å². The van der Waals surface area contributed by atoms with Crippen LogP contribution in [0.2, 0.25) is 0 Å². The molecule has 1 aromatic heterocycles. The molecular formula is C20H17N3. The Morgan fingerprint density at radius 3 is 2.26 bits per heavy atom. The standard InChI is InChI=1S/C20H17N3/c1-15-12-13-19-18(14-15)20(21-16-8-4-2-5-9-16)23(22-19)17-10-6-3-7-11-17/h2-14,21H,1H3. The third-order valence-corrected chi connectivity index (χ3v) is 3.86. The van der Waals surface area contributed by atoms with Crippen molar-refractivity contribution in [2.24, 2.45) is 0 Å². The van der Waals surface area contributed by atoms with E-state index in [2.05, 4.69) is 54.7 Å². The second-order valence-corrected chi connectivity index (χ2v) is 5.61. The molecule has 0 aliphatic heterocycles. The summed E-state index contributed by atoms with van der Waals surface area (Å²) in [6.45, 7) is 2.10. The van der Waals surface area contributed by atoms with Gasteiger partial charge in [0.05, 0.1) is 11.2 Å². The molecule has 0 aliphatic carbocycles. The molecule has 3 heteroatoms. The van der Waals surface area contributed by atoms with Gasteiger partial charge in [-0.2, -0.15) is 5.10 Å². The van der Waals surface area contributed by atoms with Crippen LogP contribution in [0.25, 0.3) is 16.6 Å². The van der Waals surface area contributed by atoms with Crippen LogP contribution in [0, 0.1) is 6.92 Å². The summed E-state index contributed by atoms with van der Waals surface area (Å²) < 4.78 is 1.97. The molecule has 0 radical (unpaired) electrons. The number of nitrogens with zero attached hydrogens (tertiary/aromatic N) is 2. The Hall–Kier alpha value is -3.07. The first-order valence-electron chi connectivity index (χ1n) is 7.68. The molecule has 0 spiro atoms. The topological polar surface area (TPSA) is 29.9 Å². The van der Waals surface area contributed by atoms with Crippen LogP contribution >= 0.6 is 0 Å². The Morgan fingerprint density at radius 1 is 0.826 bits per heavy atom. The van der Waals surface area contributed by atoms with E-state index < -0.39 is 0 Å². The summed E-state index contributed by atoms with van der Waals surface area (Å²) in [7, 11) is 0. The van der Waals surface area contributed by atoms with E-state index in [1.165, 1.54) is 5.56 Å². The van der Waals surface area contributed by atoms with Gasteiger partial charge in [-0.05, 0) is 43.3 Å². The lowest BCUT2D eigenvalue weighted by Crippen LogP contribution is -2.02. The minimum Gasteiger partial charge on any atom is -0.340 e. The van der Waals surface area contributed by atoms with Gasteiger partial charge in [-0.3, -0.25) is 0 Å². The van der Waals surface area contributed by atoms with E-state index in [4.69, 9.17) is 5.10 Å². The molecule has 112 valence electrons. The number of anilines is 2. The number of hydrogen-bond donors (Lipinski definition) is 1. The van der Waals surface area contributed by atoms with E-state index in [9.17, 15) is 0 Å². The van der Waals surface area contributed by atoms with Crippen LogP contribution in [0.15, 0.2) is 78.9 Å². The van der Waals surface area contributed by atoms with Crippen molar-refractivity contribution in [3.63, 3.8) is 0 Å². The molecule has 1 heterocycles. The van der Waals surface area contributed by atoms with Crippen molar-refractivity contribution in [3.05, 3.63) is 84.4 Å². The molecular weight excluding hydrogens is 282 g/mol. The van der Waals surface area contributed by atoms with E-state index in [1.54, 1.807) is 0 Å². The number of aryl methyl sites for hydroxylation is 1. The third-order valence-electron chi connectivity index (χ3n) is 3.86. The highest BCUT2D eigenvalue weighted by atomic mass is 15.3. The van der Waals surface area contributed by atoms with Gasteiger partial charge in [-0.15, -0.1) is 0 Å². The van der Waals surface area contributed by atoms with Crippen molar-refractivity contribution >= 4 is 22.4 Å². The molecule has 0 atom stereocenters. The minimum absolute atomic E-state index is 0.984. The molecule has 4 aromatic rings. The van der Waals surface area contributed by atoms with Crippen LogP contribution in [0.5, 0.6) is 0 Å². The summed E-state index contributed by atoms with van der Waals surface area (Å²) in [6, 6.07) is 26.7. The predicted molar refractivity (Wildman–Crippen MR) is 95.5 cm³/mol. The average Bonchev–Trinajstić information content (AvgIpc) is 2.95. The Balaban J connectivity index is 1.93. The second kappa shape index (κ2) is 5.61. The quantitative estimate of drug-likeness (QED) is 0.572. The van der Waals surface area contributed by atoms with Crippen molar-refractivity contribution < 1.29 is 0 Å². The van der Waals surface area contributed by atoms with Gasteiger partial charge in [-0.1, -0.05) is 48.0 Å². The van der Waals surface area contributed by atoms with Gasteiger partial charge in [0, 0.05) is 11.1 Å². The lowest BCUT2D eigenvalue weighted by molar-refractivity contribution is 0.904. The van der Waals surface area contributed by atoms with Gasteiger partial charge in [0.1, 0.15) is 5.82 Å². The van der Waals surface area contributed by atoms with Crippen LogP contribution in [-0.4, -0.2) is 9.78 Å². The Morgan fingerprint density at radius 2 is 1.52 bits per heavy atom. The third kappa shape index (κ3) is 2.57. The van der Waals surface area contributed by atoms with E-state index in [0.29, 0.717) is 0 Å². The lowest BCUT2D eigenvalue weighted by Gasteiger charge is -2.10. The van der Waals surface area contributed by atoms with Gasteiger partial charge >= 0.3 is 0 Å². The summed E-state index contributed by atoms with van der Waals surface area (Å²) >= 11 is 0. The first kappa shape index (κ1) is 13.6. The molecule has 0 bridgehead atoms. The maximum absolute atomic E-state index is 4.77. The van der Waals surface area contributed by atoms with E-state index in [1.807, 2.05) is 41.1 Å². The first-order chi connectivity index (χ1) is 11.3. The fraction of sp³-hybridized carbons (Fsp3) is 0.0500. The summed E-state index contributed by atoms with van der Waals surface area (Å²) in [5.41, 5.74) is 4.30. The number of rotatable bonds is 3. The van der Waals surface area contributed by atoms with Gasteiger partial charge in [-0.25, -0.2) is 4.68 Å². The Labute approximate surface area is 135 Å². The van der Waals surface area contributed by atoms with Crippen LogP contribution in [0.4, 0.5) is 11.5 Å². The van der Waals surface area contributed by atoms with Crippen LogP contribution in [-0.2, 0) is 0 Å². The number of nitrogens with one attached hydrogen (secondary N) is 1. The molecule has 0 unspecified atom stereocenters. The number of para-hydroxylation sites is 2. The van der Waals surface area contributed by atoms with E-state index in [0.717, 1.165) is 28.1 Å². The Bertz CT molecular complexity index is 941. The average molecular weight is 299 g/mol. The van der Waals surface area contributed by atoms with Gasteiger partial charge in [0.15, 0.2) is 0 Å². The first-order valence-corrected chi connectivity index (χ1v) is 7.68. The maximum Gasteiger partial charge on any atom is 0.142 e. The SMILES string of the molecule is Cc1ccc2nn(-c3ccccc3)c(Nc3ccccc3)c2c1. The van der Waals surface area contributed by atoms with Gasteiger partial charge in [0.25, 0.3) is 0 Å². The molecule has 0 saturated heterocycles. The molecule has 3 nitrogen and oxygen atoms in total. The van der Waals surface area contributed by atoms with Gasteiger partial charge in [0.2, 0.25) is 0 Å². The fourth-order valence-electron chi connectivity index (χ4n) is 2.73. The molecule has 0 aliphatic rings. The molecule has 4 rings (SSSR count). The summed E-state index contributed by atoms with van der Waals surface area (Å²) in [5.74, 6) is 0.987. The zero-order chi connectivity index (χ0) is 15.6. The highest BCUT2D eigenvalue weighted by Crippen LogP contribution is 2.29. The van der Waals surface area contributed by atoms with Gasteiger partial charge < -0.3 is 5.32 Å². The second-order valence-electron chi connectivity index (χ2n) is 5.61. The fourth-order valence-corrected chi connectivity index (χ4v) is 2.73. The zero-order valence-electron chi connectivity index (χ0n) is 12.9. The highest BCUT2D eigenvalue weighted by molar-refractivity contribution is 5.93. The monoisotopic (exact) mass is 299 g/mol. The van der Waals surface area contributed by atoms with Crippen molar-refractivity contribution in [2.75, 3.05) is 5.32 Å². The largest absolute Gasteiger partial charge is 0.340 e. The molecule has 23 heavy (non-hydrogen) atoms. The predicted octanol–water partition coefficient (Wildman–Crippen LogP) is 5.08. The summed E-state index contributed by atoms with van der Waals surface area (Å²) in [6.07, 6.45) is 0. The molecule has 1 N–H and O–H groups in total. The minimum atomic E-state index is 0.984. The lowest BCUT2D eigenvalue weighted by atomic mass is 10.1. The number of fused-ring (bicyclic) bond motifs is 1. The van der Waals surface area contributed by atoms with Crippen LogP contribution < -0.4 is 5.32 Å². The number of benzene rings is 3. The summed E-state index contributed by atoms with van der Waals surface area (Å²) in [5, 5.41) is 9.42. The number of aromatic nitrogens is 2. The number of hydrogen-bond acceptors (Lipinski definition) is 2. The van der Waals surface area contributed by atoms with Crippen LogP contribution in [0.3, 0.4) is 0 Å².